The van der Waals surface area contributed by atoms with Crippen LogP contribution in [0.15, 0.2) is 72.9 Å². The average molecular weight is 456 g/mol. The maximum Gasteiger partial charge on any atom is 0.573 e. The summed E-state index contributed by atoms with van der Waals surface area (Å²) >= 11 is 0. The molecule has 1 atom stereocenters. The molecule has 1 aromatic heterocycles. The maximum atomic E-state index is 12.4. The fourth-order valence-electron chi connectivity index (χ4n) is 3.76. The fourth-order valence-corrected chi connectivity index (χ4v) is 3.76. The van der Waals surface area contributed by atoms with Crippen molar-refractivity contribution in [2.24, 2.45) is 0 Å². The summed E-state index contributed by atoms with van der Waals surface area (Å²) in [6, 6.07) is 18.8. The summed E-state index contributed by atoms with van der Waals surface area (Å²) in [6.45, 7) is 4.10. The molecule has 1 saturated heterocycles. The number of hydrogen-bond acceptors (Lipinski definition) is 5. The van der Waals surface area contributed by atoms with Crippen molar-refractivity contribution >= 4 is 17.4 Å². The molecule has 0 saturated carbocycles. The minimum Gasteiger partial charge on any atom is -0.406 e. The molecule has 33 heavy (non-hydrogen) atoms. The van der Waals surface area contributed by atoms with E-state index >= 15 is 0 Å². The number of ether oxygens (including phenoxy) is 1. The Labute approximate surface area is 189 Å². The molecule has 1 amide bonds. The third-order valence-electron chi connectivity index (χ3n) is 5.38. The maximum absolute atomic E-state index is 12.4. The van der Waals surface area contributed by atoms with Crippen LogP contribution in [0.1, 0.15) is 22.8 Å². The second-order valence-corrected chi connectivity index (χ2v) is 7.87. The topological polar surface area (TPSA) is 57.7 Å². The number of benzene rings is 2. The molecule has 6 nitrogen and oxygen atoms in total. The number of hydrogen-bond donors (Lipinski definition) is 1. The van der Waals surface area contributed by atoms with Crippen LogP contribution in [0.5, 0.6) is 5.75 Å². The van der Waals surface area contributed by atoms with Crippen LogP contribution in [0.3, 0.4) is 0 Å². The molecule has 1 aliphatic rings. The van der Waals surface area contributed by atoms with E-state index in [9.17, 15) is 18.0 Å². The van der Waals surface area contributed by atoms with Crippen molar-refractivity contribution in [3.05, 3.63) is 84.1 Å². The van der Waals surface area contributed by atoms with Crippen LogP contribution in [0.4, 0.5) is 24.7 Å². The molecule has 1 N–H and O–H groups in total. The second-order valence-electron chi connectivity index (χ2n) is 7.87. The largest absolute Gasteiger partial charge is 0.573 e. The molecule has 0 radical (unpaired) electrons. The summed E-state index contributed by atoms with van der Waals surface area (Å²) < 4.78 is 41.1. The number of alkyl halides is 3. The van der Waals surface area contributed by atoms with Gasteiger partial charge >= 0.3 is 6.36 Å². The lowest BCUT2D eigenvalue weighted by Crippen LogP contribution is -2.28. The van der Waals surface area contributed by atoms with Gasteiger partial charge in [0.15, 0.2) is 0 Å². The highest BCUT2D eigenvalue weighted by Gasteiger charge is 2.31. The van der Waals surface area contributed by atoms with Crippen LogP contribution in [0.2, 0.25) is 0 Å². The molecule has 0 bridgehead atoms. The Morgan fingerprint density at radius 1 is 1.12 bits per heavy atom. The van der Waals surface area contributed by atoms with E-state index < -0.39 is 6.36 Å². The number of pyridine rings is 1. The Morgan fingerprint density at radius 3 is 2.55 bits per heavy atom. The van der Waals surface area contributed by atoms with Gasteiger partial charge in [-0.25, -0.2) is 4.98 Å². The lowest BCUT2D eigenvalue weighted by molar-refractivity contribution is -0.274. The smallest absolute Gasteiger partial charge is 0.406 e. The van der Waals surface area contributed by atoms with Crippen LogP contribution in [0.25, 0.3) is 0 Å². The van der Waals surface area contributed by atoms with Crippen molar-refractivity contribution in [1.29, 1.82) is 0 Å². The lowest BCUT2D eigenvalue weighted by atomic mass is 10.2. The predicted molar refractivity (Wildman–Crippen MR) is 119 cm³/mol. The zero-order valence-electron chi connectivity index (χ0n) is 17.9. The van der Waals surface area contributed by atoms with Gasteiger partial charge in [-0.05, 0) is 61.0 Å². The van der Waals surface area contributed by atoms with Gasteiger partial charge in [-0.1, -0.05) is 18.2 Å². The highest BCUT2D eigenvalue weighted by atomic mass is 19.4. The van der Waals surface area contributed by atoms with E-state index in [1.165, 1.54) is 12.1 Å². The number of amides is 1. The minimum absolute atomic E-state index is 0.223. The quantitative estimate of drug-likeness (QED) is 0.572. The van der Waals surface area contributed by atoms with Crippen molar-refractivity contribution < 1.29 is 22.7 Å². The summed E-state index contributed by atoms with van der Waals surface area (Å²) in [5.74, 6) is 0.0152. The molecule has 4 rings (SSSR count). The molecule has 2 heterocycles. The van der Waals surface area contributed by atoms with Gasteiger partial charge in [-0.15, -0.1) is 13.2 Å². The van der Waals surface area contributed by atoms with Crippen LogP contribution in [-0.2, 0) is 6.54 Å². The number of carbonyl (C=O) groups excluding carboxylic acids is 1. The SMILES string of the molecule is CC1CN(c2ccc(OC(F)(F)F)cc2)CN1Cc1ccnc(NC(=O)c2ccccc2)c1. The monoisotopic (exact) mass is 456 g/mol. The number of anilines is 2. The van der Waals surface area contributed by atoms with Crippen molar-refractivity contribution in [1.82, 2.24) is 9.88 Å². The van der Waals surface area contributed by atoms with E-state index in [1.54, 1.807) is 42.6 Å². The first-order chi connectivity index (χ1) is 15.8. The van der Waals surface area contributed by atoms with E-state index in [-0.39, 0.29) is 17.7 Å². The van der Waals surface area contributed by atoms with Gasteiger partial charge in [0.25, 0.3) is 5.91 Å². The number of nitrogens with one attached hydrogen (secondary N) is 1. The summed E-state index contributed by atoms with van der Waals surface area (Å²) in [5, 5.41) is 2.82. The standard InChI is InChI=1S/C24H23F3N4O2/c1-17-14-31(20-7-9-21(10-8-20)33-24(25,26)27)16-30(17)15-18-11-12-28-22(13-18)29-23(32)19-5-3-2-4-6-19/h2-13,17H,14-16H2,1H3,(H,28,29,32). The Balaban J connectivity index is 1.38. The highest BCUT2D eigenvalue weighted by Crippen LogP contribution is 2.28. The summed E-state index contributed by atoms with van der Waals surface area (Å²) in [7, 11) is 0. The van der Waals surface area contributed by atoms with Crippen molar-refractivity contribution in [2.75, 3.05) is 23.4 Å². The van der Waals surface area contributed by atoms with Crippen molar-refractivity contribution in [3.8, 4) is 5.75 Å². The molecule has 1 fully saturated rings. The third kappa shape index (κ3) is 6.01. The van der Waals surface area contributed by atoms with Gasteiger partial charge in [0.2, 0.25) is 0 Å². The summed E-state index contributed by atoms with van der Waals surface area (Å²) in [5.41, 5.74) is 2.38. The minimum atomic E-state index is -4.70. The Hall–Kier alpha value is -3.59. The van der Waals surface area contributed by atoms with E-state index in [1.807, 2.05) is 18.2 Å². The van der Waals surface area contributed by atoms with E-state index in [4.69, 9.17) is 0 Å². The Kier molecular flexibility index (Phi) is 6.50. The Bertz CT molecular complexity index is 1090. The Morgan fingerprint density at radius 2 is 1.85 bits per heavy atom. The van der Waals surface area contributed by atoms with Crippen LogP contribution in [0, 0.1) is 0 Å². The van der Waals surface area contributed by atoms with Gasteiger partial charge < -0.3 is 15.0 Å². The molecule has 0 spiro atoms. The molecular weight excluding hydrogens is 433 g/mol. The van der Waals surface area contributed by atoms with Gasteiger partial charge in [-0.3, -0.25) is 9.69 Å². The molecule has 1 aliphatic heterocycles. The van der Waals surface area contributed by atoms with Gasteiger partial charge in [0, 0.05) is 36.6 Å². The zero-order chi connectivity index (χ0) is 23.4. The molecule has 1 unspecified atom stereocenters. The molecular formula is C24H23F3N4O2. The van der Waals surface area contributed by atoms with Gasteiger partial charge in [-0.2, -0.15) is 0 Å². The van der Waals surface area contributed by atoms with Gasteiger partial charge in [0.1, 0.15) is 11.6 Å². The lowest BCUT2D eigenvalue weighted by Gasteiger charge is -2.21. The fraction of sp³-hybridized carbons (Fsp3) is 0.250. The van der Waals surface area contributed by atoms with E-state index in [0.717, 1.165) is 17.8 Å². The molecule has 0 aliphatic carbocycles. The van der Waals surface area contributed by atoms with Crippen molar-refractivity contribution in [3.63, 3.8) is 0 Å². The number of halogens is 3. The summed E-state index contributed by atoms with van der Waals surface area (Å²) in [4.78, 5) is 21.0. The highest BCUT2D eigenvalue weighted by molar-refractivity contribution is 6.03. The zero-order valence-corrected chi connectivity index (χ0v) is 17.9. The van der Waals surface area contributed by atoms with E-state index in [0.29, 0.717) is 24.6 Å². The van der Waals surface area contributed by atoms with Gasteiger partial charge in [0.05, 0.1) is 6.67 Å². The van der Waals surface area contributed by atoms with Crippen LogP contribution in [-0.4, -0.2) is 41.4 Å². The first-order valence-corrected chi connectivity index (χ1v) is 10.4. The average Bonchev–Trinajstić information content (AvgIpc) is 3.14. The third-order valence-corrected chi connectivity index (χ3v) is 5.38. The molecule has 172 valence electrons. The molecule has 3 aromatic rings. The predicted octanol–water partition coefficient (Wildman–Crippen LogP) is 4.90. The molecule has 2 aromatic carbocycles. The number of rotatable bonds is 6. The number of aromatic nitrogens is 1. The van der Waals surface area contributed by atoms with Crippen LogP contribution >= 0.6 is 0 Å². The van der Waals surface area contributed by atoms with Crippen molar-refractivity contribution in [2.45, 2.75) is 25.9 Å². The summed E-state index contributed by atoms with van der Waals surface area (Å²) in [6.07, 6.45) is -3.04. The normalized spacial score (nSPS) is 16.6. The van der Waals surface area contributed by atoms with E-state index in [2.05, 4.69) is 31.8 Å². The number of nitrogens with zero attached hydrogens (tertiary/aromatic N) is 3. The first kappa shape index (κ1) is 22.6. The number of carbonyl (C=O) groups is 1. The first-order valence-electron chi connectivity index (χ1n) is 10.4. The molecule has 9 heteroatoms. The second kappa shape index (κ2) is 9.50. The van der Waals surface area contributed by atoms with Crippen LogP contribution < -0.4 is 15.0 Å².